The number of aromatic nitrogens is 4. The van der Waals surface area contributed by atoms with Gasteiger partial charge in [-0.1, -0.05) is 18.6 Å². The minimum absolute atomic E-state index is 0.0560. The van der Waals surface area contributed by atoms with Crippen molar-refractivity contribution in [3.8, 4) is 11.5 Å². The molecule has 2 saturated carbocycles. The van der Waals surface area contributed by atoms with Gasteiger partial charge in [-0.3, -0.25) is 4.98 Å². The number of hydrogen-bond acceptors (Lipinski definition) is 8. The molecule has 3 fully saturated rings. The van der Waals surface area contributed by atoms with E-state index in [-0.39, 0.29) is 6.10 Å². The second-order valence-corrected chi connectivity index (χ2v) is 10.2. The number of hydrogen-bond donors (Lipinski definition) is 1. The zero-order chi connectivity index (χ0) is 24.3. The van der Waals surface area contributed by atoms with Crippen LogP contribution in [0.3, 0.4) is 0 Å². The lowest BCUT2D eigenvalue weighted by molar-refractivity contribution is 0.170. The Balaban J connectivity index is 1.13. The van der Waals surface area contributed by atoms with Gasteiger partial charge in [-0.25, -0.2) is 15.0 Å². The monoisotopic (exact) mass is 486 g/mol. The number of piperidine rings is 1. The zero-order valence-corrected chi connectivity index (χ0v) is 20.8. The number of para-hydroxylation sites is 2. The highest BCUT2D eigenvalue weighted by molar-refractivity contribution is 5.51. The van der Waals surface area contributed by atoms with E-state index in [9.17, 15) is 0 Å². The number of nitrogens with one attached hydrogen (secondary N) is 1. The molecular formula is C28H34N6O2. The van der Waals surface area contributed by atoms with Gasteiger partial charge < -0.3 is 19.7 Å². The molecule has 3 aliphatic rings. The number of anilines is 3. The lowest BCUT2D eigenvalue weighted by atomic mass is 9.86. The number of fused-ring (bicyclic) bond motifs is 2. The molecule has 36 heavy (non-hydrogen) atoms. The van der Waals surface area contributed by atoms with Crippen LogP contribution in [-0.4, -0.2) is 45.7 Å². The Morgan fingerprint density at radius 2 is 1.94 bits per heavy atom. The Labute approximate surface area is 212 Å². The van der Waals surface area contributed by atoms with E-state index in [1.807, 2.05) is 43.6 Å². The Hall–Kier alpha value is -3.42. The van der Waals surface area contributed by atoms with E-state index in [1.54, 1.807) is 6.20 Å². The van der Waals surface area contributed by atoms with Crippen molar-refractivity contribution in [3.63, 3.8) is 0 Å². The Kier molecular flexibility index (Phi) is 6.57. The van der Waals surface area contributed by atoms with Crippen LogP contribution in [0.4, 0.5) is 17.6 Å². The van der Waals surface area contributed by atoms with Crippen LogP contribution in [0, 0.1) is 11.8 Å². The van der Waals surface area contributed by atoms with Gasteiger partial charge in [-0.05, 0) is 69.1 Å². The standard InChI is InChI=1S/C28H34N6O2/c1-2-35-24-7-3-4-8-25(24)36-21-6-5-13-34(18-21)27-17-29-16-26(32-27)33-28-30-12-11-23(31-28)22-15-19-9-10-20(22)14-19/h3-4,7-8,11-12,16-17,19-22H,2,5-6,9-10,13-15,18H2,1H3,(H,30,31,32,33)/t19?,20?,21-,22?/m1/s1. The summed E-state index contributed by atoms with van der Waals surface area (Å²) in [5.41, 5.74) is 1.16. The van der Waals surface area contributed by atoms with Gasteiger partial charge >= 0.3 is 0 Å². The van der Waals surface area contributed by atoms with Gasteiger partial charge in [0.1, 0.15) is 11.9 Å². The summed E-state index contributed by atoms with van der Waals surface area (Å²) in [7, 11) is 0. The average Bonchev–Trinajstić information content (AvgIpc) is 3.55. The lowest BCUT2D eigenvalue weighted by Gasteiger charge is -2.33. The Morgan fingerprint density at radius 3 is 2.78 bits per heavy atom. The summed E-state index contributed by atoms with van der Waals surface area (Å²) in [6, 6.07) is 9.95. The van der Waals surface area contributed by atoms with Gasteiger partial charge in [0.05, 0.1) is 25.5 Å². The minimum atomic E-state index is 0.0560. The van der Waals surface area contributed by atoms with Crippen LogP contribution in [0.15, 0.2) is 48.9 Å². The van der Waals surface area contributed by atoms with Crippen LogP contribution >= 0.6 is 0 Å². The normalized spacial score (nSPS) is 25.1. The maximum absolute atomic E-state index is 6.35. The van der Waals surface area contributed by atoms with Crippen LogP contribution < -0.4 is 19.7 Å². The topological polar surface area (TPSA) is 85.3 Å². The molecule has 2 bridgehead atoms. The predicted molar refractivity (Wildman–Crippen MR) is 139 cm³/mol. The average molecular weight is 487 g/mol. The molecule has 6 rings (SSSR count). The summed E-state index contributed by atoms with van der Waals surface area (Å²) in [5.74, 6) is 5.90. The van der Waals surface area contributed by atoms with Crippen LogP contribution in [0.2, 0.25) is 0 Å². The van der Waals surface area contributed by atoms with Crippen molar-refractivity contribution in [1.29, 1.82) is 0 Å². The van der Waals surface area contributed by atoms with Crippen LogP contribution in [0.5, 0.6) is 11.5 Å². The fourth-order valence-corrected chi connectivity index (χ4v) is 6.17. The molecule has 0 radical (unpaired) electrons. The lowest BCUT2D eigenvalue weighted by Crippen LogP contribution is -2.41. The van der Waals surface area contributed by atoms with Crippen molar-refractivity contribution >= 4 is 17.6 Å². The molecule has 3 aromatic rings. The highest BCUT2D eigenvalue weighted by atomic mass is 16.5. The van der Waals surface area contributed by atoms with Crippen molar-refractivity contribution in [2.24, 2.45) is 11.8 Å². The van der Waals surface area contributed by atoms with E-state index in [1.165, 1.54) is 25.7 Å². The fourth-order valence-electron chi connectivity index (χ4n) is 6.17. The summed E-state index contributed by atoms with van der Waals surface area (Å²) in [6.45, 7) is 4.26. The van der Waals surface area contributed by atoms with Crippen molar-refractivity contribution in [3.05, 3.63) is 54.6 Å². The van der Waals surface area contributed by atoms with Crippen LogP contribution in [0.1, 0.15) is 57.1 Å². The van der Waals surface area contributed by atoms with Crippen molar-refractivity contribution in [2.75, 3.05) is 29.9 Å². The van der Waals surface area contributed by atoms with Gasteiger partial charge in [-0.15, -0.1) is 0 Å². The first kappa shape index (κ1) is 23.0. The molecular weight excluding hydrogens is 452 g/mol. The van der Waals surface area contributed by atoms with Crippen molar-refractivity contribution < 1.29 is 9.47 Å². The Morgan fingerprint density at radius 1 is 1.03 bits per heavy atom. The highest BCUT2D eigenvalue weighted by Crippen LogP contribution is 2.52. The van der Waals surface area contributed by atoms with E-state index in [0.29, 0.717) is 24.3 Å². The molecule has 1 saturated heterocycles. The molecule has 4 atom stereocenters. The molecule has 0 spiro atoms. The van der Waals surface area contributed by atoms with Gasteiger partial charge in [0, 0.05) is 24.4 Å². The zero-order valence-electron chi connectivity index (χ0n) is 20.8. The number of benzene rings is 1. The van der Waals surface area contributed by atoms with E-state index < -0.39 is 0 Å². The third-order valence-corrected chi connectivity index (χ3v) is 7.80. The van der Waals surface area contributed by atoms with E-state index >= 15 is 0 Å². The van der Waals surface area contributed by atoms with Crippen LogP contribution in [0.25, 0.3) is 0 Å². The maximum atomic E-state index is 6.35. The summed E-state index contributed by atoms with van der Waals surface area (Å²) in [5, 5.41) is 3.29. The predicted octanol–water partition coefficient (Wildman–Crippen LogP) is 5.36. The first-order chi connectivity index (χ1) is 17.7. The third-order valence-electron chi connectivity index (χ3n) is 7.80. The van der Waals surface area contributed by atoms with Crippen molar-refractivity contribution in [2.45, 2.75) is 57.5 Å². The van der Waals surface area contributed by atoms with Gasteiger partial charge in [0.15, 0.2) is 17.3 Å². The molecule has 8 nitrogen and oxygen atoms in total. The largest absolute Gasteiger partial charge is 0.490 e. The van der Waals surface area contributed by atoms with Crippen LogP contribution in [-0.2, 0) is 0 Å². The molecule has 2 aromatic heterocycles. The molecule has 2 aliphatic carbocycles. The second-order valence-electron chi connectivity index (χ2n) is 10.2. The smallest absolute Gasteiger partial charge is 0.228 e. The summed E-state index contributed by atoms with van der Waals surface area (Å²) in [6.07, 6.45) is 12.8. The molecule has 1 aromatic carbocycles. The molecule has 188 valence electrons. The molecule has 0 amide bonds. The molecule has 1 aliphatic heterocycles. The van der Waals surface area contributed by atoms with E-state index in [4.69, 9.17) is 19.4 Å². The minimum Gasteiger partial charge on any atom is -0.490 e. The SMILES string of the molecule is CCOc1ccccc1O[C@@H]1CCCN(c2cncc(Nc3nccc(C4CC5CCC4C5)n3)n2)C1. The molecule has 8 heteroatoms. The number of rotatable bonds is 8. The van der Waals surface area contributed by atoms with Gasteiger partial charge in [0.2, 0.25) is 5.95 Å². The quantitative estimate of drug-likeness (QED) is 0.455. The van der Waals surface area contributed by atoms with E-state index in [2.05, 4.69) is 26.3 Å². The summed E-state index contributed by atoms with van der Waals surface area (Å²) >= 11 is 0. The first-order valence-corrected chi connectivity index (χ1v) is 13.3. The number of nitrogens with zero attached hydrogens (tertiary/aromatic N) is 5. The highest BCUT2D eigenvalue weighted by Gasteiger charge is 2.40. The Bertz CT molecular complexity index is 1190. The summed E-state index contributed by atoms with van der Waals surface area (Å²) in [4.78, 5) is 20.8. The fraction of sp³-hybridized carbons (Fsp3) is 0.500. The molecule has 3 heterocycles. The summed E-state index contributed by atoms with van der Waals surface area (Å²) < 4.78 is 12.1. The van der Waals surface area contributed by atoms with Crippen molar-refractivity contribution in [1.82, 2.24) is 19.9 Å². The molecule has 1 N–H and O–H groups in total. The van der Waals surface area contributed by atoms with Gasteiger partial charge in [-0.2, -0.15) is 0 Å². The molecule has 3 unspecified atom stereocenters. The van der Waals surface area contributed by atoms with E-state index in [0.717, 1.165) is 60.8 Å². The third kappa shape index (κ3) is 4.94. The van der Waals surface area contributed by atoms with Gasteiger partial charge in [0.25, 0.3) is 0 Å². The number of ether oxygens (including phenoxy) is 2. The maximum Gasteiger partial charge on any atom is 0.228 e. The second kappa shape index (κ2) is 10.3. The first-order valence-electron chi connectivity index (χ1n) is 13.3.